The first kappa shape index (κ1) is 16.1. The fourth-order valence-corrected chi connectivity index (χ4v) is 2.24. The van der Waals surface area contributed by atoms with Gasteiger partial charge < -0.3 is 10.6 Å². The van der Waals surface area contributed by atoms with E-state index in [0.717, 1.165) is 31.1 Å². The van der Waals surface area contributed by atoms with E-state index in [1.807, 2.05) is 17.8 Å². The minimum atomic E-state index is 0.902. The lowest BCUT2D eigenvalue weighted by atomic mass is 10.2. The van der Waals surface area contributed by atoms with Gasteiger partial charge in [0.1, 0.15) is 18.0 Å². The van der Waals surface area contributed by atoms with Gasteiger partial charge in [0.25, 0.3) is 0 Å². The summed E-state index contributed by atoms with van der Waals surface area (Å²) in [5, 5.41) is 6.62. The van der Waals surface area contributed by atoms with Crippen LogP contribution in [-0.4, -0.2) is 35.1 Å². The van der Waals surface area contributed by atoms with Crippen molar-refractivity contribution < 1.29 is 0 Å². The van der Waals surface area contributed by atoms with Crippen molar-refractivity contribution in [2.24, 2.45) is 0 Å². The first-order valence-electron chi connectivity index (χ1n) is 7.15. The third-order valence-electron chi connectivity index (χ3n) is 2.80. The predicted octanol–water partition coefficient (Wildman–Crippen LogP) is 3.63. The van der Waals surface area contributed by atoms with Gasteiger partial charge in [0, 0.05) is 19.2 Å². The van der Waals surface area contributed by atoms with E-state index >= 15 is 0 Å². The van der Waals surface area contributed by atoms with Gasteiger partial charge in [0.05, 0.1) is 0 Å². The molecule has 1 aromatic rings. The minimum Gasteiger partial charge on any atom is -0.370 e. The molecule has 4 nitrogen and oxygen atoms in total. The molecule has 0 spiro atoms. The summed E-state index contributed by atoms with van der Waals surface area (Å²) in [4.78, 5) is 8.42. The van der Waals surface area contributed by atoms with E-state index in [0.29, 0.717) is 0 Å². The first-order valence-corrected chi connectivity index (χ1v) is 8.55. The van der Waals surface area contributed by atoms with E-state index in [1.165, 1.54) is 31.4 Å². The van der Waals surface area contributed by atoms with Crippen LogP contribution in [0.1, 0.15) is 39.0 Å². The number of hydrogen-bond acceptors (Lipinski definition) is 5. The number of anilines is 2. The van der Waals surface area contributed by atoms with Gasteiger partial charge in [0.2, 0.25) is 0 Å². The Morgan fingerprint density at radius 3 is 2.37 bits per heavy atom. The highest BCUT2D eigenvalue weighted by Gasteiger charge is 1.97. The lowest BCUT2D eigenvalue weighted by molar-refractivity contribution is 0.688. The molecule has 0 unspecified atom stereocenters. The summed E-state index contributed by atoms with van der Waals surface area (Å²) in [6.07, 6.45) is 10.0. The zero-order valence-electron chi connectivity index (χ0n) is 12.1. The van der Waals surface area contributed by atoms with Crippen LogP contribution in [0.5, 0.6) is 0 Å². The number of unbranched alkanes of at least 4 members (excludes halogenated alkanes) is 3. The highest BCUT2D eigenvalue weighted by atomic mass is 32.2. The molecule has 0 radical (unpaired) electrons. The van der Waals surface area contributed by atoms with Crippen LogP contribution in [0.4, 0.5) is 11.6 Å². The molecule has 0 bridgehead atoms. The molecule has 0 aliphatic heterocycles. The molecule has 0 atom stereocenters. The molecule has 1 aromatic heterocycles. The number of aromatic nitrogens is 2. The van der Waals surface area contributed by atoms with E-state index < -0.39 is 0 Å². The van der Waals surface area contributed by atoms with Gasteiger partial charge in [-0.3, -0.25) is 0 Å². The zero-order valence-corrected chi connectivity index (χ0v) is 12.9. The largest absolute Gasteiger partial charge is 0.370 e. The highest BCUT2D eigenvalue weighted by molar-refractivity contribution is 7.98. The molecular formula is C14H26N4S. The van der Waals surface area contributed by atoms with E-state index in [4.69, 9.17) is 0 Å². The Bertz CT molecular complexity index is 333. The summed E-state index contributed by atoms with van der Waals surface area (Å²) < 4.78 is 0. The molecule has 0 fully saturated rings. The van der Waals surface area contributed by atoms with E-state index in [-0.39, 0.29) is 0 Å². The van der Waals surface area contributed by atoms with Gasteiger partial charge in [-0.15, -0.1) is 0 Å². The van der Waals surface area contributed by atoms with E-state index in [2.05, 4.69) is 33.8 Å². The summed E-state index contributed by atoms with van der Waals surface area (Å²) in [6, 6.07) is 1.98. The fourth-order valence-electron chi connectivity index (χ4n) is 1.75. The molecule has 0 saturated carbocycles. The van der Waals surface area contributed by atoms with Crippen LogP contribution in [0.15, 0.2) is 12.4 Å². The van der Waals surface area contributed by atoms with Crippen LogP contribution in [0, 0.1) is 0 Å². The Morgan fingerprint density at radius 1 is 1.00 bits per heavy atom. The molecule has 2 N–H and O–H groups in total. The molecule has 108 valence electrons. The van der Waals surface area contributed by atoms with Crippen molar-refractivity contribution in [3.8, 4) is 0 Å². The van der Waals surface area contributed by atoms with Crippen LogP contribution < -0.4 is 10.6 Å². The minimum absolute atomic E-state index is 0.902. The third-order valence-corrected chi connectivity index (χ3v) is 3.50. The third kappa shape index (κ3) is 7.93. The lowest BCUT2D eigenvalue weighted by Crippen LogP contribution is -2.06. The van der Waals surface area contributed by atoms with Crippen molar-refractivity contribution in [1.29, 1.82) is 0 Å². The van der Waals surface area contributed by atoms with Gasteiger partial charge in [-0.05, 0) is 31.3 Å². The average molecular weight is 282 g/mol. The van der Waals surface area contributed by atoms with Crippen LogP contribution in [0.25, 0.3) is 0 Å². The number of thioether (sulfide) groups is 1. The smallest absolute Gasteiger partial charge is 0.131 e. The molecule has 5 heteroatoms. The van der Waals surface area contributed by atoms with Gasteiger partial charge in [0.15, 0.2) is 0 Å². The average Bonchev–Trinajstić information content (AvgIpc) is 2.44. The maximum Gasteiger partial charge on any atom is 0.131 e. The molecule has 19 heavy (non-hydrogen) atoms. The molecule has 0 saturated heterocycles. The number of hydrogen-bond donors (Lipinski definition) is 2. The Kier molecular flexibility index (Phi) is 9.23. The summed E-state index contributed by atoms with van der Waals surface area (Å²) in [5.41, 5.74) is 0. The van der Waals surface area contributed by atoms with Crippen molar-refractivity contribution in [3.63, 3.8) is 0 Å². The first-order chi connectivity index (χ1) is 9.36. The van der Waals surface area contributed by atoms with Crippen molar-refractivity contribution >= 4 is 23.4 Å². The Balaban J connectivity index is 2.14. The van der Waals surface area contributed by atoms with Crippen LogP contribution >= 0.6 is 11.8 Å². The van der Waals surface area contributed by atoms with E-state index in [1.54, 1.807) is 6.33 Å². The summed E-state index contributed by atoms with van der Waals surface area (Å²) in [6.45, 7) is 4.08. The second kappa shape index (κ2) is 10.9. The molecule has 0 aliphatic rings. The molecule has 1 heterocycles. The topological polar surface area (TPSA) is 49.8 Å². The Morgan fingerprint density at radius 2 is 1.68 bits per heavy atom. The van der Waals surface area contributed by atoms with Crippen molar-refractivity contribution in [2.75, 3.05) is 35.7 Å². The number of rotatable bonds is 11. The van der Waals surface area contributed by atoms with Crippen LogP contribution in [0.2, 0.25) is 0 Å². The Labute approximate surface area is 121 Å². The molecule has 1 rings (SSSR count). The molecule has 0 amide bonds. The van der Waals surface area contributed by atoms with Crippen LogP contribution in [0.3, 0.4) is 0 Å². The fraction of sp³-hybridized carbons (Fsp3) is 0.714. The molecule has 0 aromatic carbocycles. The van der Waals surface area contributed by atoms with Gasteiger partial charge >= 0.3 is 0 Å². The highest BCUT2D eigenvalue weighted by Crippen LogP contribution is 2.09. The lowest BCUT2D eigenvalue weighted by Gasteiger charge is -2.07. The van der Waals surface area contributed by atoms with Gasteiger partial charge in [-0.1, -0.05) is 19.8 Å². The SMILES string of the molecule is CCCNc1cc(NCCCCCCSC)ncn1. The quantitative estimate of drug-likeness (QED) is 0.607. The maximum absolute atomic E-state index is 4.23. The van der Waals surface area contributed by atoms with Crippen molar-refractivity contribution in [2.45, 2.75) is 39.0 Å². The van der Waals surface area contributed by atoms with Crippen LogP contribution in [-0.2, 0) is 0 Å². The van der Waals surface area contributed by atoms with Crippen molar-refractivity contribution in [3.05, 3.63) is 12.4 Å². The molecular weight excluding hydrogens is 256 g/mol. The van der Waals surface area contributed by atoms with E-state index in [9.17, 15) is 0 Å². The second-order valence-corrected chi connectivity index (χ2v) is 5.53. The maximum atomic E-state index is 4.23. The van der Waals surface area contributed by atoms with Crippen molar-refractivity contribution in [1.82, 2.24) is 9.97 Å². The standard InChI is InChI=1S/C14H26N4S/c1-3-8-15-13-11-14(18-12-17-13)16-9-6-4-5-7-10-19-2/h11-12H,3-10H2,1-2H3,(H2,15,16,17,18). The van der Waals surface area contributed by atoms with Gasteiger partial charge in [-0.2, -0.15) is 11.8 Å². The zero-order chi connectivity index (χ0) is 13.8. The Hall–Kier alpha value is -0.970. The summed E-state index contributed by atoms with van der Waals surface area (Å²) in [7, 11) is 0. The molecule has 0 aliphatic carbocycles. The van der Waals surface area contributed by atoms with Gasteiger partial charge in [-0.25, -0.2) is 9.97 Å². The second-order valence-electron chi connectivity index (χ2n) is 4.55. The number of nitrogens with zero attached hydrogens (tertiary/aromatic N) is 2. The number of nitrogens with one attached hydrogen (secondary N) is 2. The summed E-state index contributed by atoms with van der Waals surface area (Å²) in [5.74, 6) is 3.10. The summed E-state index contributed by atoms with van der Waals surface area (Å²) >= 11 is 1.93. The predicted molar refractivity (Wildman–Crippen MR) is 86.2 cm³/mol. The normalized spacial score (nSPS) is 10.4. The monoisotopic (exact) mass is 282 g/mol.